The van der Waals surface area contributed by atoms with Gasteiger partial charge in [0.05, 0.1) is 35.7 Å². The maximum atomic E-state index is 12.9. The van der Waals surface area contributed by atoms with Gasteiger partial charge in [0.25, 0.3) is 5.56 Å². The van der Waals surface area contributed by atoms with Gasteiger partial charge in [-0.15, -0.1) is 0 Å². The largest absolute Gasteiger partial charge is 0.391 e. The fourth-order valence-corrected chi connectivity index (χ4v) is 7.12. The van der Waals surface area contributed by atoms with Gasteiger partial charge in [-0.2, -0.15) is 0 Å². The van der Waals surface area contributed by atoms with Crippen LogP contribution in [0.5, 0.6) is 0 Å². The lowest BCUT2D eigenvalue weighted by atomic mass is 10.2. The van der Waals surface area contributed by atoms with Crippen molar-refractivity contribution < 1.29 is 18.6 Å². The third-order valence-corrected chi connectivity index (χ3v) is 10.0. The zero-order valence-corrected chi connectivity index (χ0v) is 26.4. The number of sulfone groups is 1. The van der Waals surface area contributed by atoms with E-state index in [2.05, 4.69) is 9.88 Å². The molecular weight excluding hydrogens is 584 g/mol. The first-order valence-corrected chi connectivity index (χ1v) is 16.2. The summed E-state index contributed by atoms with van der Waals surface area (Å²) in [5.41, 5.74) is 1.10. The van der Waals surface area contributed by atoms with E-state index in [1.807, 2.05) is 18.7 Å². The van der Waals surface area contributed by atoms with Crippen LogP contribution in [0.25, 0.3) is 11.2 Å². The van der Waals surface area contributed by atoms with Crippen LogP contribution < -0.4 is 11.2 Å². The van der Waals surface area contributed by atoms with Gasteiger partial charge in [0.1, 0.15) is 0 Å². The van der Waals surface area contributed by atoms with E-state index in [1.54, 1.807) is 18.4 Å². The van der Waals surface area contributed by atoms with Gasteiger partial charge in [0, 0.05) is 57.9 Å². The minimum absolute atomic E-state index is 0.145. The van der Waals surface area contributed by atoms with Gasteiger partial charge in [0.2, 0.25) is 0 Å². The smallest absolute Gasteiger partial charge is 0.332 e. The Kier molecular flexibility index (Phi) is 10.0. The van der Waals surface area contributed by atoms with Gasteiger partial charge in [0.15, 0.2) is 21.0 Å². The molecule has 1 aliphatic heterocycles. The molecular formula is C28H41ClN6O6S. The van der Waals surface area contributed by atoms with E-state index in [-0.39, 0.29) is 35.2 Å². The summed E-state index contributed by atoms with van der Waals surface area (Å²) < 4.78 is 30.0. The molecule has 1 aromatic carbocycles. The Bertz CT molecular complexity index is 1630. The van der Waals surface area contributed by atoms with Crippen molar-refractivity contribution >= 4 is 32.6 Å². The molecule has 0 spiro atoms. The van der Waals surface area contributed by atoms with E-state index in [4.69, 9.17) is 11.6 Å². The summed E-state index contributed by atoms with van der Waals surface area (Å²) in [6.45, 7) is 11.1. The molecule has 1 saturated heterocycles. The van der Waals surface area contributed by atoms with Crippen molar-refractivity contribution in [2.75, 3.05) is 45.0 Å². The van der Waals surface area contributed by atoms with E-state index >= 15 is 0 Å². The molecule has 0 aliphatic carbocycles. The molecule has 12 nitrogen and oxygen atoms in total. The van der Waals surface area contributed by atoms with Gasteiger partial charge in [-0.3, -0.25) is 23.7 Å². The quantitative estimate of drug-likeness (QED) is 0.314. The number of imidazole rings is 1. The Hall–Kier alpha value is -2.55. The summed E-state index contributed by atoms with van der Waals surface area (Å²) in [6, 6.07) is 3.08. The number of benzene rings is 1. The number of aryl methyl sites for hydroxylation is 2. The molecule has 2 unspecified atom stereocenters. The lowest BCUT2D eigenvalue weighted by Crippen LogP contribution is -2.51. The second-order valence-corrected chi connectivity index (χ2v) is 14.2. The van der Waals surface area contributed by atoms with E-state index in [9.17, 15) is 28.2 Å². The zero-order valence-electron chi connectivity index (χ0n) is 24.8. The van der Waals surface area contributed by atoms with Crippen molar-refractivity contribution in [3.8, 4) is 0 Å². The fraction of sp³-hybridized carbons (Fsp3) is 0.607. The third kappa shape index (κ3) is 7.14. The molecule has 3 aromatic rings. The highest BCUT2D eigenvalue weighted by atomic mass is 35.5. The second kappa shape index (κ2) is 13.0. The molecule has 0 amide bonds. The highest BCUT2D eigenvalue weighted by molar-refractivity contribution is 7.91. The van der Waals surface area contributed by atoms with Crippen molar-refractivity contribution in [3.63, 3.8) is 0 Å². The predicted molar refractivity (Wildman–Crippen MR) is 162 cm³/mol. The standard InChI is InChI=1S/C28H41ClN6O6S/c1-18(2)12-35-26-25(27(38)31(5)28(35)39)34(17-30-26)15-21(36)13-32-6-8-33(9-7-32)14-22(37)16-42(40,41)23-10-19(3)24(29)20(4)11-23/h10-11,17-18,21-22,36-37H,6-9,12-16H2,1-5H3. The first-order chi connectivity index (χ1) is 19.7. The van der Waals surface area contributed by atoms with Gasteiger partial charge in [-0.05, 0) is 43.0 Å². The maximum absolute atomic E-state index is 12.9. The van der Waals surface area contributed by atoms with Crippen LogP contribution >= 0.6 is 11.6 Å². The van der Waals surface area contributed by atoms with Crippen LogP contribution in [0, 0.1) is 19.8 Å². The Morgan fingerprint density at radius 1 is 0.929 bits per heavy atom. The minimum Gasteiger partial charge on any atom is -0.391 e. The minimum atomic E-state index is -3.69. The molecule has 14 heteroatoms. The van der Waals surface area contributed by atoms with Crippen molar-refractivity contribution in [2.45, 2.75) is 57.9 Å². The van der Waals surface area contributed by atoms with Crippen LogP contribution in [0.2, 0.25) is 5.02 Å². The molecule has 0 saturated carbocycles. The second-order valence-electron chi connectivity index (χ2n) is 11.8. The fourth-order valence-electron chi connectivity index (χ4n) is 5.50. The Balaban J connectivity index is 1.32. The molecule has 1 fully saturated rings. The monoisotopic (exact) mass is 624 g/mol. The van der Waals surface area contributed by atoms with E-state index in [0.29, 0.717) is 61.1 Å². The lowest BCUT2D eigenvalue weighted by molar-refractivity contribution is 0.0486. The number of halogens is 1. The highest BCUT2D eigenvalue weighted by Crippen LogP contribution is 2.25. The molecule has 2 aromatic heterocycles. The topological polar surface area (TPSA) is 143 Å². The van der Waals surface area contributed by atoms with Crippen LogP contribution in [-0.4, -0.2) is 104 Å². The molecule has 1 aliphatic rings. The predicted octanol–water partition coefficient (Wildman–Crippen LogP) is 0.636. The summed E-state index contributed by atoms with van der Waals surface area (Å²) in [5.74, 6) is -0.198. The van der Waals surface area contributed by atoms with Crippen molar-refractivity contribution in [1.29, 1.82) is 0 Å². The van der Waals surface area contributed by atoms with E-state index in [1.165, 1.54) is 30.1 Å². The SMILES string of the molecule is Cc1cc(S(=O)(=O)CC(O)CN2CCN(CC(O)Cn3cnc4c3c(=O)n(C)c(=O)n4CC(C)C)CC2)cc(C)c1Cl. The first-order valence-electron chi connectivity index (χ1n) is 14.1. The van der Waals surface area contributed by atoms with Crippen molar-refractivity contribution in [2.24, 2.45) is 13.0 Å². The Morgan fingerprint density at radius 3 is 2.02 bits per heavy atom. The number of piperazine rings is 1. The van der Waals surface area contributed by atoms with Gasteiger partial charge >= 0.3 is 5.69 Å². The number of β-amino-alcohol motifs (C(OH)–C–C–N with tert-alkyl or cyclic N) is 2. The number of hydrogen-bond acceptors (Lipinski definition) is 9. The van der Waals surface area contributed by atoms with E-state index < -0.39 is 33.3 Å². The number of aliphatic hydroxyl groups excluding tert-OH is 2. The molecule has 3 heterocycles. The average molecular weight is 625 g/mol. The molecule has 42 heavy (non-hydrogen) atoms. The van der Waals surface area contributed by atoms with Crippen LogP contribution in [0.1, 0.15) is 25.0 Å². The Labute approximate surface area is 250 Å². The summed E-state index contributed by atoms with van der Waals surface area (Å²) >= 11 is 6.17. The molecule has 232 valence electrons. The van der Waals surface area contributed by atoms with Crippen LogP contribution in [0.4, 0.5) is 0 Å². The summed E-state index contributed by atoms with van der Waals surface area (Å²) in [4.78, 5) is 34.2. The number of rotatable bonds is 11. The van der Waals surface area contributed by atoms with E-state index in [0.717, 1.165) is 4.57 Å². The number of fused-ring (bicyclic) bond motifs is 1. The first kappa shape index (κ1) is 32.4. The van der Waals surface area contributed by atoms with Gasteiger partial charge < -0.3 is 14.8 Å². The van der Waals surface area contributed by atoms with Crippen molar-refractivity contribution in [1.82, 2.24) is 28.5 Å². The summed E-state index contributed by atoms with van der Waals surface area (Å²) in [6.07, 6.45) is -0.342. The van der Waals surface area contributed by atoms with Crippen LogP contribution in [0.15, 0.2) is 32.9 Å². The third-order valence-electron chi connectivity index (χ3n) is 7.64. The molecule has 2 atom stereocenters. The number of nitrogens with zero attached hydrogens (tertiary/aromatic N) is 6. The van der Waals surface area contributed by atoms with Crippen LogP contribution in [-0.2, 0) is 30.0 Å². The van der Waals surface area contributed by atoms with Crippen molar-refractivity contribution in [3.05, 3.63) is 55.4 Å². The number of aromatic nitrogens is 4. The molecule has 0 bridgehead atoms. The summed E-state index contributed by atoms with van der Waals surface area (Å²) in [5, 5.41) is 22.0. The van der Waals surface area contributed by atoms with Crippen LogP contribution in [0.3, 0.4) is 0 Å². The molecule has 2 N–H and O–H groups in total. The highest BCUT2D eigenvalue weighted by Gasteiger charge is 2.26. The van der Waals surface area contributed by atoms with Gasteiger partial charge in [-0.25, -0.2) is 18.2 Å². The normalized spacial score (nSPS) is 16.9. The average Bonchev–Trinajstić information content (AvgIpc) is 3.32. The maximum Gasteiger partial charge on any atom is 0.332 e. The number of hydrogen-bond donors (Lipinski definition) is 2. The van der Waals surface area contributed by atoms with Gasteiger partial charge in [-0.1, -0.05) is 25.4 Å². The molecule has 4 rings (SSSR count). The Morgan fingerprint density at radius 2 is 1.48 bits per heavy atom. The number of aliphatic hydroxyl groups is 2. The lowest BCUT2D eigenvalue weighted by Gasteiger charge is -2.36. The summed E-state index contributed by atoms with van der Waals surface area (Å²) in [7, 11) is -2.24. The zero-order chi connectivity index (χ0) is 30.9. The molecule has 0 radical (unpaired) electrons.